The number of hydrogen-bond donors (Lipinski definition) is 1. The van der Waals surface area contributed by atoms with Gasteiger partial charge in [-0.05, 0) is 48.7 Å². The maximum absolute atomic E-state index is 13.3. The summed E-state index contributed by atoms with van der Waals surface area (Å²) in [6, 6.07) is 15.0. The Morgan fingerprint density at radius 2 is 1.75 bits per heavy atom. The third-order valence-electron chi connectivity index (χ3n) is 6.51. The highest BCUT2D eigenvalue weighted by Crippen LogP contribution is 2.38. The first-order valence-corrected chi connectivity index (χ1v) is 15.0. The van der Waals surface area contributed by atoms with E-state index in [9.17, 15) is 22.8 Å². The van der Waals surface area contributed by atoms with Crippen molar-refractivity contribution in [2.45, 2.75) is 38.3 Å². The summed E-state index contributed by atoms with van der Waals surface area (Å²) in [6.07, 6.45) is -0.0585. The molecule has 40 heavy (non-hydrogen) atoms. The summed E-state index contributed by atoms with van der Waals surface area (Å²) in [4.78, 5) is 40.4. The third kappa shape index (κ3) is 6.19. The van der Waals surface area contributed by atoms with E-state index in [0.29, 0.717) is 18.0 Å². The van der Waals surface area contributed by atoms with Crippen LogP contribution in [0, 0.1) is 0 Å². The number of hydrogen-bond acceptors (Lipinski definition) is 8. The van der Waals surface area contributed by atoms with E-state index >= 15 is 0 Å². The minimum atomic E-state index is -3.79. The van der Waals surface area contributed by atoms with Gasteiger partial charge in [-0.1, -0.05) is 37.3 Å². The molecule has 2 amide bonds. The van der Waals surface area contributed by atoms with Gasteiger partial charge in [0.15, 0.2) is 0 Å². The van der Waals surface area contributed by atoms with Crippen molar-refractivity contribution in [3.63, 3.8) is 0 Å². The second kappa shape index (κ2) is 12.6. The molecule has 1 aliphatic rings. The molecule has 1 aliphatic heterocycles. The Morgan fingerprint density at radius 3 is 2.38 bits per heavy atom. The number of nitrogens with one attached hydrogen (secondary N) is 1. The van der Waals surface area contributed by atoms with Crippen molar-refractivity contribution in [3.8, 4) is 0 Å². The molecule has 0 spiro atoms. The number of rotatable bonds is 9. The first kappa shape index (κ1) is 29.2. The minimum Gasteiger partial charge on any atom is -0.462 e. The summed E-state index contributed by atoms with van der Waals surface area (Å²) in [7, 11) is -2.48. The molecule has 1 aromatic heterocycles. The highest BCUT2D eigenvalue weighted by Gasteiger charge is 2.31. The van der Waals surface area contributed by atoms with Crippen LogP contribution in [-0.2, 0) is 39.0 Å². The van der Waals surface area contributed by atoms with Crippen LogP contribution in [-0.4, -0.2) is 62.4 Å². The number of esters is 1. The molecule has 0 atom stereocenters. The number of anilines is 1. The number of amides is 2. The Balaban J connectivity index is 1.55. The summed E-state index contributed by atoms with van der Waals surface area (Å²) < 4.78 is 38.0. The molecular formula is C28H31N3O7S2. The Hall–Kier alpha value is -3.74. The quantitative estimate of drug-likeness (QED) is 0.367. The molecule has 2 aromatic carbocycles. The van der Waals surface area contributed by atoms with Gasteiger partial charge in [0.1, 0.15) is 5.00 Å². The van der Waals surface area contributed by atoms with Crippen molar-refractivity contribution >= 4 is 44.3 Å². The van der Waals surface area contributed by atoms with Gasteiger partial charge >= 0.3 is 12.1 Å². The molecule has 212 valence electrons. The predicted molar refractivity (Wildman–Crippen MR) is 151 cm³/mol. The fourth-order valence-corrected chi connectivity index (χ4v) is 7.14. The standard InChI is InChI=1S/C28H31N3O7S2/c1-4-31(17-19-9-7-6-8-10-19)40(35,36)21-13-11-20(12-14-21)25(32)29-26-24(27(33)38-5-2)22-15-16-30(28(34)37-3)18-23(22)39-26/h6-14H,4-5,15-18H2,1-3H3,(H,29,32). The zero-order chi connectivity index (χ0) is 28.9. The first-order valence-electron chi connectivity index (χ1n) is 12.8. The van der Waals surface area contributed by atoms with E-state index < -0.39 is 28.0 Å². The molecule has 0 aliphatic carbocycles. The zero-order valence-electron chi connectivity index (χ0n) is 22.5. The molecule has 0 fully saturated rings. The fraction of sp³-hybridized carbons (Fsp3) is 0.321. The van der Waals surface area contributed by atoms with Crippen molar-refractivity contribution in [1.29, 1.82) is 0 Å². The molecule has 1 N–H and O–H groups in total. The predicted octanol–water partition coefficient (Wildman–Crippen LogP) is 4.51. The van der Waals surface area contributed by atoms with Crippen LogP contribution in [0.2, 0.25) is 0 Å². The Labute approximate surface area is 237 Å². The van der Waals surface area contributed by atoms with E-state index in [2.05, 4.69) is 5.32 Å². The van der Waals surface area contributed by atoms with Crippen LogP contribution in [0.15, 0.2) is 59.5 Å². The molecule has 2 heterocycles. The number of ether oxygens (including phenoxy) is 2. The number of carbonyl (C=O) groups is 3. The SMILES string of the molecule is CCOC(=O)c1c(NC(=O)c2ccc(S(=O)(=O)N(CC)Cc3ccccc3)cc2)sc2c1CCN(C(=O)OC)C2. The number of thiophene rings is 1. The third-order valence-corrected chi connectivity index (χ3v) is 9.57. The largest absolute Gasteiger partial charge is 0.462 e. The second-order valence-corrected chi connectivity index (χ2v) is 12.0. The van der Waals surface area contributed by atoms with Gasteiger partial charge in [0.2, 0.25) is 10.0 Å². The lowest BCUT2D eigenvalue weighted by atomic mass is 10.0. The van der Waals surface area contributed by atoms with Crippen LogP contribution < -0.4 is 5.32 Å². The summed E-state index contributed by atoms with van der Waals surface area (Å²) in [5, 5.41) is 3.11. The Kier molecular flexibility index (Phi) is 9.23. The lowest BCUT2D eigenvalue weighted by Crippen LogP contribution is -2.35. The van der Waals surface area contributed by atoms with E-state index in [1.807, 2.05) is 30.3 Å². The molecule has 3 aromatic rings. The molecular weight excluding hydrogens is 554 g/mol. The molecule has 4 rings (SSSR count). The van der Waals surface area contributed by atoms with Gasteiger partial charge in [-0.15, -0.1) is 11.3 Å². The van der Waals surface area contributed by atoms with Gasteiger partial charge in [-0.25, -0.2) is 18.0 Å². The number of sulfonamides is 1. The van der Waals surface area contributed by atoms with Gasteiger partial charge in [-0.2, -0.15) is 4.31 Å². The van der Waals surface area contributed by atoms with Crippen molar-refractivity contribution in [2.75, 3.05) is 32.1 Å². The van der Waals surface area contributed by atoms with Crippen molar-refractivity contribution in [1.82, 2.24) is 9.21 Å². The van der Waals surface area contributed by atoms with E-state index in [4.69, 9.17) is 9.47 Å². The van der Waals surface area contributed by atoms with E-state index in [1.54, 1.807) is 13.8 Å². The molecule has 12 heteroatoms. The van der Waals surface area contributed by atoms with Crippen LogP contribution in [0.1, 0.15) is 50.6 Å². The van der Waals surface area contributed by atoms with Crippen molar-refractivity contribution < 1.29 is 32.3 Å². The smallest absolute Gasteiger partial charge is 0.409 e. The average molecular weight is 586 g/mol. The molecule has 0 unspecified atom stereocenters. The lowest BCUT2D eigenvalue weighted by molar-refractivity contribution is 0.0526. The van der Waals surface area contributed by atoms with Crippen LogP contribution in [0.5, 0.6) is 0 Å². The number of nitrogens with zero attached hydrogens (tertiary/aromatic N) is 2. The monoisotopic (exact) mass is 585 g/mol. The van der Waals surface area contributed by atoms with E-state index in [-0.39, 0.29) is 42.3 Å². The first-order chi connectivity index (χ1) is 19.2. The van der Waals surface area contributed by atoms with Gasteiger partial charge in [0, 0.05) is 30.1 Å². The van der Waals surface area contributed by atoms with Crippen LogP contribution in [0.4, 0.5) is 9.80 Å². The second-order valence-electron chi connectivity index (χ2n) is 8.97. The highest BCUT2D eigenvalue weighted by atomic mass is 32.2. The maximum Gasteiger partial charge on any atom is 0.409 e. The van der Waals surface area contributed by atoms with Gasteiger partial charge in [0.05, 0.1) is 30.7 Å². The van der Waals surface area contributed by atoms with E-state index in [1.165, 1.54) is 51.9 Å². The van der Waals surface area contributed by atoms with E-state index in [0.717, 1.165) is 16.0 Å². The zero-order valence-corrected chi connectivity index (χ0v) is 24.1. The highest BCUT2D eigenvalue weighted by molar-refractivity contribution is 7.89. The number of benzene rings is 2. The number of fused-ring (bicyclic) bond motifs is 1. The van der Waals surface area contributed by atoms with Crippen molar-refractivity contribution in [3.05, 3.63) is 81.7 Å². The van der Waals surface area contributed by atoms with Crippen molar-refractivity contribution in [2.24, 2.45) is 0 Å². The maximum atomic E-state index is 13.3. The normalized spacial score (nSPS) is 13.1. The summed E-state index contributed by atoms with van der Waals surface area (Å²) in [5.41, 5.74) is 2.11. The van der Waals surface area contributed by atoms with Gasteiger partial charge in [0.25, 0.3) is 5.91 Å². The Bertz CT molecular complexity index is 1490. The molecule has 0 saturated heterocycles. The number of carbonyl (C=O) groups excluding carboxylic acids is 3. The summed E-state index contributed by atoms with van der Waals surface area (Å²) in [6.45, 7) is 4.77. The molecule has 10 nitrogen and oxygen atoms in total. The van der Waals surface area contributed by atoms with Gasteiger partial charge in [-0.3, -0.25) is 4.79 Å². The average Bonchev–Trinajstić information content (AvgIpc) is 3.33. The minimum absolute atomic E-state index is 0.0727. The topological polar surface area (TPSA) is 122 Å². The lowest BCUT2D eigenvalue weighted by Gasteiger charge is -2.25. The summed E-state index contributed by atoms with van der Waals surface area (Å²) in [5.74, 6) is -1.06. The summed E-state index contributed by atoms with van der Waals surface area (Å²) >= 11 is 1.20. The number of methoxy groups -OCH3 is 1. The van der Waals surface area contributed by atoms with Crippen LogP contribution in [0.25, 0.3) is 0 Å². The fourth-order valence-electron chi connectivity index (χ4n) is 4.45. The molecule has 0 radical (unpaired) electrons. The van der Waals surface area contributed by atoms with Gasteiger partial charge < -0.3 is 19.7 Å². The Morgan fingerprint density at radius 1 is 1.05 bits per heavy atom. The molecule has 0 saturated carbocycles. The van der Waals surface area contributed by atoms with Crippen LogP contribution >= 0.6 is 11.3 Å². The van der Waals surface area contributed by atoms with Crippen LogP contribution in [0.3, 0.4) is 0 Å². The molecule has 0 bridgehead atoms.